The molecule has 34 heavy (non-hydrogen) atoms. The number of hydrogen-bond donors (Lipinski definition) is 3. The summed E-state index contributed by atoms with van der Waals surface area (Å²) in [5.74, 6) is -1.99. The first kappa shape index (κ1) is 23.7. The largest absolute Gasteiger partial charge is 0.478 e. The standard InChI is InChI=1S/C13H9NO4.C13H11NO2/c15-13(16)12-7-2-1-6-11(12)9-4-3-5-10(8-9)14(17)18;14-10-5-3-4-9(8-10)11-6-1-2-7-12(11)13(15)16/h1-8H,(H,15,16);1-8H,14H2,(H,15,16). The summed E-state index contributed by atoms with van der Waals surface area (Å²) in [5.41, 5.74) is 9.13. The van der Waals surface area contributed by atoms with Gasteiger partial charge in [-0.3, -0.25) is 10.1 Å². The van der Waals surface area contributed by atoms with Crippen molar-refractivity contribution in [3.8, 4) is 22.3 Å². The van der Waals surface area contributed by atoms with Crippen LogP contribution in [0.15, 0.2) is 97.1 Å². The lowest BCUT2D eigenvalue weighted by molar-refractivity contribution is -0.384. The Bertz CT molecular complexity index is 1370. The Morgan fingerprint density at radius 2 is 1.15 bits per heavy atom. The van der Waals surface area contributed by atoms with Crippen molar-refractivity contribution in [2.24, 2.45) is 0 Å². The first-order valence-corrected chi connectivity index (χ1v) is 10.0. The zero-order chi connectivity index (χ0) is 24.7. The van der Waals surface area contributed by atoms with Gasteiger partial charge >= 0.3 is 11.9 Å². The minimum Gasteiger partial charge on any atom is -0.478 e. The minimum absolute atomic E-state index is 0.0623. The fourth-order valence-electron chi connectivity index (χ4n) is 3.34. The maximum Gasteiger partial charge on any atom is 0.336 e. The van der Waals surface area contributed by atoms with Gasteiger partial charge in [-0.2, -0.15) is 0 Å². The van der Waals surface area contributed by atoms with Gasteiger partial charge in [-0.25, -0.2) is 9.59 Å². The molecule has 0 saturated carbocycles. The molecule has 8 nitrogen and oxygen atoms in total. The third-order valence-corrected chi connectivity index (χ3v) is 4.88. The number of anilines is 1. The Labute approximate surface area is 194 Å². The van der Waals surface area contributed by atoms with Gasteiger partial charge in [0.15, 0.2) is 0 Å². The second kappa shape index (κ2) is 10.6. The molecule has 170 valence electrons. The van der Waals surface area contributed by atoms with Gasteiger partial charge in [-0.1, -0.05) is 60.7 Å². The van der Waals surface area contributed by atoms with Crippen molar-refractivity contribution in [2.45, 2.75) is 0 Å². The summed E-state index contributed by atoms with van der Waals surface area (Å²) >= 11 is 0. The van der Waals surface area contributed by atoms with Crippen LogP contribution in [0.25, 0.3) is 22.3 Å². The van der Waals surface area contributed by atoms with Gasteiger partial charge in [0, 0.05) is 17.8 Å². The Morgan fingerprint density at radius 1 is 0.676 bits per heavy atom. The highest BCUT2D eigenvalue weighted by Gasteiger charge is 2.13. The SMILES string of the molecule is Nc1cccc(-c2ccccc2C(=O)O)c1.O=C(O)c1ccccc1-c1cccc([N+](=O)[O-])c1. The number of aromatic carboxylic acids is 2. The summed E-state index contributed by atoms with van der Waals surface area (Å²) in [5, 5.41) is 28.8. The molecule has 8 heteroatoms. The van der Waals surface area contributed by atoms with E-state index < -0.39 is 16.9 Å². The minimum atomic E-state index is -1.06. The Morgan fingerprint density at radius 3 is 1.62 bits per heavy atom. The van der Waals surface area contributed by atoms with E-state index in [0.29, 0.717) is 22.4 Å². The van der Waals surface area contributed by atoms with E-state index >= 15 is 0 Å². The summed E-state index contributed by atoms with van der Waals surface area (Å²) in [6.07, 6.45) is 0. The molecule has 4 rings (SSSR count). The Kier molecular flexibility index (Phi) is 7.35. The zero-order valence-electron chi connectivity index (χ0n) is 17.8. The number of hydrogen-bond acceptors (Lipinski definition) is 5. The fraction of sp³-hybridized carbons (Fsp3) is 0. The monoisotopic (exact) mass is 456 g/mol. The first-order valence-electron chi connectivity index (χ1n) is 10.0. The topological polar surface area (TPSA) is 144 Å². The molecular weight excluding hydrogens is 436 g/mol. The molecule has 0 aromatic heterocycles. The number of benzene rings is 4. The quantitative estimate of drug-likeness (QED) is 0.202. The predicted molar refractivity (Wildman–Crippen MR) is 129 cm³/mol. The van der Waals surface area contributed by atoms with Crippen molar-refractivity contribution in [2.75, 3.05) is 5.73 Å². The second-order valence-corrected chi connectivity index (χ2v) is 7.13. The lowest BCUT2D eigenvalue weighted by Crippen LogP contribution is -1.99. The normalized spacial score (nSPS) is 10.0. The Hall–Kier alpha value is -4.98. The van der Waals surface area contributed by atoms with E-state index in [9.17, 15) is 19.7 Å². The average Bonchev–Trinajstić information content (AvgIpc) is 2.84. The number of nitrogens with zero attached hydrogens (tertiary/aromatic N) is 1. The van der Waals surface area contributed by atoms with Crippen LogP contribution in [0.5, 0.6) is 0 Å². The van der Waals surface area contributed by atoms with E-state index in [1.54, 1.807) is 54.6 Å². The number of carboxylic acids is 2. The first-order chi connectivity index (χ1) is 16.3. The summed E-state index contributed by atoms with van der Waals surface area (Å²) in [4.78, 5) is 32.3. The van der Waals surface area contributed by atoms with E-state index in [1.165, 1.54) is 24.3 Å². The number of non-ortho nitro benzene ring substituents is 1. The fourth-order valence-corrected chi connectivity index (χ4v) is 3.34. The Balaban J connectivity index is 0.000000192. The van der Waals surface area contributed by atoms with E-state index in [2.05, 4.69) is 0 Å². The van der Waals surface area contributed by atoms with Gasteiger partial charge in [0.25, 0.3) is 5.69 Å². The summed E-state index contributed by atoms with van der Waals surface area (Å²) in [6, 6.07) is 26.4. The molecule has 0 saturated heterocycles. The molecule has 0 aliphatic heterocycles. The number of nitro groups is 1. The lowest BCUT2D eigenvalue weighted by Gasteiger charge is -2.06. The van der Waals surface area contributed by atoms with Crippen LogP contribution in [0.4, 0.5) is 11.4 Å². The molecule has 0 unspecified atom stereocenters. The molecule has 4 aromatic carbocycles. The van der Waals surface area contributed by atoms with Crippen LogP contribution >= 0.6 is 0 Å². The lowest BCUT2D eigenvalue weighted by atomic mass is 9.99. The molecule has 0 spiro atoms. The summed E-state index contributed by atoms with van der Waals surface area (Å²) in [6.45, 7) is 0. The predicted octanol–water partition coefficient (Wildman–Crippen LogP) is 5.59. The van der Waals surface area contributed by atoms with Gasteiger partial charge in [0.1, 0.15) is 0 Å². The molecule has 0 aliphatic carbocycles. The van der Waals surface area contributed by atoms with Crippen molar-refractivity contribution < 1.29 is 24.7 Å². The highest BCUT2D eigenvalue weighted by molar-refractivity contribution is 5.97. The number of nitrogens with two attached hydrogens (primary N) is 1. The number of carboxylic acid groups (broad SMARTS) is 2. The molecule has 4 aromatic rings. The molecule has 0 radical (unpaired) electrons. The van der Waals surface area contributed by atoms with Crippen LogP contribution in [0.3, 0.4) is 0 Å². The van der Waals surface area contributed by atoms with Crippen LogP contribution in [0, 0.1) is 10.1 Å². The van der Waals surface area contributed by atoms with Crippen LogP contribution in [0.1, 0.15) is 20.7 Å². The molecular formula is C26H20N2O6. The van der Waals surface area contributed by atoms with Gasteiger partial charge < -0.3 is 15.9 Å². The van der Waals surface area contributed by atoms with E-state index in [-0.39, 0.29) is 16.8 Å². The van der Waals surface area contributed by atoms with Crippen molar-refractivity contribution in [1.29, 1.82) is 0 Å². The third kappa shape index (κ3) is 5.63. The highest BCUT2D eigenvalue weighted by atomic mass is 16.6. The van der Waals surface area contributed by atoms with Crippen LogP contribution in [-0.2, 0) is 0 Å². The van der Waals surface area contributed by atoms with E-state index in [0.717, 1.165) is 5.56 Å². The molecule has 0 atom stereocenters. The molecule has 0 aliphatic rings. The van der Waals surface area contributed by atoms with Crippen molar-refractivity contribution in [3.05, 3.63) is 118 Å². The van der Waals surface area contributed by atoms with Gasteiger partial charge in [-0.05, 0) is 46.5 Å². The maximum absolute atomic E-state index is 11.1. The van der Waals surface area contributed by atoms with Crippen molar-refractivity contribution >= 4 is 23.3 Å². The van der Waals surface area contributed by atoms with Crippen LogP contribution in [-0.4, -0.2) is 27.1 Å². The van der Waals surface area contributed by atoms with Crippen molar-refractivity contribution in [3.63, 3.8) is 0 Å². The summed E-state index contributed by atoms with van der Waals surface area (Å²) in [7, 11) is 0. The number of nitro benzene ring substituents is 1. The van der Waals surface area contributed by atoms with Gasteiger partial charge in [-0.15, -0.1) is 0 Å². The molecule has 0 amide bonds. The zero-order valence-corrected chi connectivity index (χ0v) is 17.8. The molecule has 0 fully saturated rings. The highest BCUT2D eigenvalue weighted by Crippen LogP contribution is 2.27. The molecule has 4 N–H and O–H groups in total. The van der Waals surface area contributed by atoms with E-state index in [1.807, 2.05) is 18.2 Å². The number of nitrogen functional groups attached to an aromatic ring is 1. The van der Waals surface area contributed by atoms with Gasteiger partial charge in [0.05, 0.1) is 16.1 Å². The van der Waals surface area contributed by atoms with Gasteiger partial charge in [0.2, 0.25) is 0 Å². The third-order valence-electron chi connectivity index (χ3n) is 4.88. The van der Waals surface area contributed by atoms with Crippen LogP contribution < -0.4 is 5.73 Å². The number of rotatable bonds is 5. The molecule has 0 heterocycles. The second-order valence-electron chi connectivity index (χ2n) is 7.13. The van der Waals surface area contributed by atoms with Crippen molar-refractivity contribution in [1.82, 2.24) is 0 Å². The maximum atomic E-state index is 11.1. The van der Waals surface area contributed by atoms with E-state index in [4.69, 9.17) is 15.9 Å². The number of carbonyl (C=O) groups is 2. The summed E-state index contributed by atoms with van der Waals surface area (Å²) < 4.78 is 0. The van der Waals surface area contributed by atoms with Crippen LogP contribution in [0.2, 0.25) is 0 Å². The molecule has 0 bridgehead atoms. The smallest absolute Gasteiger partial charge is 0.336 e. The average molecular weight is 456 g/mol.